The van der Waals surface area contributed by atoms with Crippen molar-refractivity contribution in [2.24, 2.45) is 0 Å². The minimum Gasteiger partial charge on any atom is -0.241 e. The number of rotatable bonds is 1. The van der Waals surface area contributed by atoms with E-state index in [1.165, 1.54) is 25.1 Å². The molecule has 0 radical (unpaired) electrons. The second-order valence-corrected chi connectivity index (χ2v) is 4.78. The third-order valence-electron chi connectivity index (χ3n) is 1.73. The van der Waals surface area contributed by atoms with Crippen LogP contribution in [-0.2, 0) is 9.73 Å². The first kappa shape index (κ1) is 11.0. The van der Waals surface area contributed by atoms with Crippen LogP contribution in [0.5, 0.6) is 0 Å². The van der Waals surface area contributed by atoms with Crippen LogP contribution in [0, 0.1) is 11.7 Å². The van der Waals surface area contributed by atoms with Gasteiger partial charge in [0.05, 0.1) is 4.90 Å². The van der Waals surface area contributed by atoms with Crippen molar-refractivity contribution in [2.45, 2.75) is 17.3 Å². The van der Waals surface area contributed by atoms with E-state index in [1.807, 2.05) is 0 Å². The Morgan fingerprint density at radius 3 is 2.21 bits per heavy atom. The van der Waals surface area contributed by atoms with Gasteiger partial charge in [-0.2, -0.15) is 13.2 Å². The lowest BCUT2D eigenvalue weighted by Gasteiger charge is -2.12. The lowest BCUT2D eigenvalue weighted by molar-refractivity contribution is -0.0407. The van der Waals surface area contributed by atoms with Gasteiger partial charge in [0.1, 0.15) is 0 Å². The summed E-state index contributed by atoms with van der Waals surface area (Å²) in [5, 5.41) is 0. The largest absolute Gasteiger partial charge is 0.483 e. The highest BCUT2D eigenvalue weighted by Crippen LogP contribution is 2.32. The molecule has 0 aliphatic heterocycles. The third kappa shape index (κ3) is 1.75. The highest BCUT2D eigenvalue weighted by molar-refractivity contribution is 7.93. The van der Waals surface area contributed by atoms with E-state index in [1.54, 1.807) is 0 Å². The van der Waals surface area contributed by atoms with Gasteiger partial charge in [-0.1, -0.05) is 18.2 Å². The molecule has 1 N–H and O–H groups in total. The molecule has 6 heteroatoms. The Bertz CT molecular complexity index is 436. The Kier molecular flexibility index (Phi) is 2.58. The molecule has 0 aliphatic carbocycles. The zero-order valence-corrected chi connectivity index (χ0v) is 8.08. The second-order valence-electron chi connectivity index (χ2n) is 2.77. The molecule has 1 atom stereocenters. The highest BCUT2D eigenvalue weighted by Gasteiger charge is 2.43. The summed E-state index contributed by atoms with van der Waals surface area (Å²) in [6, 6.07) is 5.33. The standard InChI is InChI=1S/C8H8F3NOS/c1-6-4-2-3-5-7(6)14(12,13)8(9,10)11/h2-5,12H,1H3. The van der Waals surface area contributed by atoms with Gasteiger partial charge in [-0.15, -0.1) is 0 Å². The predicted octanol–water partition coefficient (Wildman–Crippen LogP) is 2.92. The van der Waals surface area contributed by atoms with Crippen LogP contribution >= 0.6 is 0 Å². The third-order valence-corrected chi connectivity index (χ3v) is 3.46. The van der Waals surface area contributed by atoms with E-state index in [2.05, 4.69) is 0 Å². The van der Waals surface area contributed by atoms with Crippen molar-refractivity contribution >= 4 is 9.73 Å². The molecule has 78 valence electrons. The highest BCUT2D eigenvalue weighted by atomic mass is 32.2. The predicted molar refractivity (Wildman–Crippen MR) is 46.4 cm³/mol. The molecule has 0 bridgehead atoms. The molecule has 0 amide bonds. The molecule has 0 spiro atoms. The van der Waals surface area contributed by atoms with Crippen molar-refractivity contribution < 1.29 is 17.4 Å². The molecule has 0 fully saturated rings. The maximum atomic E-state index is 12.2. The van der Waals surface area contributed by atoms with Crippen molar-refractivity contribution in [1.29, 1.82) is 4.78 Å². The van der Waals surface area contributed by atoms with Crippen LogP contribution in [0.1, 0.15) is 5.56 Å². The van der Waals surface area contributed by atoms with Crippen molar-refractivity contribution in [3.05, 3.63) is 29.8 Å². The molecule has 0 saturated heterocycles. The smallest absolute Gasteiger partial charge is 0.241 e. The monoisotopic (exact) mass is 223 g/mol. The van der Waals surface area contributed by atoms with Crippen LogP contribution in [-0.4, -0.2) is 9.72 Å². The number of hydrogen-bond acceptors (Lipinski definition) is 2. The van der Waals surface area contributed by atoms with Crippen LogP contribution < -0.4 is 0 Å². The van der Waals surface area contributed by atoms with Gasteiger partial charge in [0.15, 0.2) is 9.73 Å². The van der Waals surface area contributed by atoms with E-state index >= 15 is 0 Å². The normalized spacial score (nSPS) is 16.3. The van der Waals surface area contributed by atoms with E-state index in [-0.39, 0.29) is 5.56 Å². The van der Waals surface area contributed by atoms with E-state index in [0.29, 0.717) is 0 Å². The lowest BCUT2D eigenvalue weighted by atomic mass is 10.2. The van der Waals surface area contributed by atoms with Gasteiger partial charge >= 0.3 is 5.51 Å². The summed E-state index contributed by atoms with van der Waals surface area (Å²) in [4.78, 5) is -0.465. The minimum atomic E-state index is -5.01. The molecule has 1 unspecified atom stereocenters. The van der Waals surface area contributed by atoms with Crippen LogP contribution in [0.15, 0.2) is 29.2 Å². The maximum Gasteiger partial charge on any atom is 0.483 e. The molecule has 14 heavy (non-hydrogen) atoms. The summed E-state index contributed by atoms with van der Waals surface area (Å²) in [6.07, 6.45) is 0. The SMILES string of the molecule is Cc1ccccc1S(=N)(=O)C(F)(F)F. The first-order chi connectivity index (χ1) is 6.27. The zero-order chi connectivity index (χ0) is 11.0. The number of nitrogens with one attached hydrogen (secondary N) is 1. The van der Waals surface area contributed by atoms with Crippen molar-refractivity contribution in [1.82, 2.24) is 0 Å². The van der Waals surface area contributed by atoms with E-state index in [9.17, 15) is 17.4 Å². The van der Waals surface area contributed by atoms with Gasteiger partial charge in [-0.05, 0) is 18.6 Å². The summed E-state index contributed by atoms with van der Waals surface area (Å²) in [6.45, 7) is 1.40. The van der Waals surface area contributed by atoms with Crippen molar-refractivity contribution in [3.8, 4) is 0 Å². The Morgan fingerprint density at radius 1 is 1.29 bits per heavy atom. The fourth-order valence-electron chi connectivity index (χ4n) is 1.00. The molecule has 0 aliphatic rings. The molecule has 1 rings (SSSR count). The van der Waals surface area contributed by atoms with Crippen molar-refractivity contribution in [2.75, 3.05) is 0 Å². The molecular formula is C8H8F3NOS. The number of aryl methyl sites for hydroxylation is 1. The molecule has 1 aromatic carbocycles. The maximum absolute atomic E-state index is 12.2. The fraction of sp³-hybridized carbons (Fsp3) is 0.250. The van der Waals surface area contributed by atoms with Gasteiger partial charge in [-0.25, -0.2) is 8.99 Å². The van der Waals surface area contributed by atoms with E-state index in [4.69, 9.17) is 4.78 Å². The molecule has 1 aromatic rings. The Morgan fingerprint density at radius 2 is 1.79 bits per heavy atom. The minimum absolute atomic E-state index is 0.213. The van der Waals surface area contributed by atoms with E-state index in [0.717, 1.165) is 6.07 Å². The number of hydrogen-bond donors (Lipinski definition) is 1. The van der Waals surface area contributed by atoms with Crippen LogP contribution in [0.3, 0.4) is 0 Å². The van der Waals surface area contributed by atoms with Crippen LogP contribution in [0.25, 0.3) is 0 Å². The van der Waals surface area contributed by atoms with Gasteiger partial charge in [0.2, 0.25) is 0 Å². The number of halogens is 3. The number of alkyl halides is 3. The first-order valence-electron chi connectivity index (χ1n) is 3.67. The zero-order valence-electron chi connectivity index (χ0n) is 7.26. The van der Waals surface area contributed by atoms with Gasteiger partial charge in [-0.3, -0.25) is 0 Å². The summed E-state index contributed by atoms with van der Waals surface area (Å²) >= 11 is 0. The molecule has 0 saturated carbocycles. The molecule has 0 aromatic heterocycles. The first-order valence-corrected chi connectivity index (χ1v) is 5.23. The van der Waals surface area contributed by atoms with Gasteiger partial charge in [0, 0.05) is 0 Å². The summed E-state index contributed by atoms with van der Waals surface area (Å²) < 4.78 is 54.7. The number of benzene rings is 1. The van der Waals surface area contributed by atoms with Crippen molar-refractivity contribution in [3.63, 3.8) is 0 Å². The van der Waals surface area contributed by atoms with Crippen LogP contribution in [0.2, 0.25) is 0 Å². The second kappa shape index (κ2) is 3.27. The summed E-state index contributed by atoms with van der Waals surface area (Å²) in [5.41, 5.74) is -4.80. The lowest BCUT2D eigenvalue weighted by Crippen LogP contribution is -2.22. The average Bonchev–Trinajstić information content (AvgIpc) is 2.02. The van der Waals surface area contributed by atoms with E-state index < -0.39 is 20.1 Å². The molecule has 0 heterocycles. The Labute approximate surface area is 79.7 Å². The average molecular weight is 223 g/mol. The Hall–Kier alpha value is -1.04. The Balaban J connectivity index is 3.40. The molecular weight excluding hydrogens is 215 g/mol. The fourth-order valence-corrected chi connectivity index (χ4v) is 2.04. The molecule has 2 nitrogen and oxygen atoms in total. The van der Waals surface area contributed by atoms with Gasteiger partial charge < -0.3 is 0 Å². The quantitative estimate of drug-likeness (QED) is 0.781. The summed E-state index contributed by atoms with van der Waals surface area (Å²) in [7, 11) is -4.71. The summed E-state index contributed by atoms with van der Waals surface area (Å²) in [5.74, 6) is 0. The van der Waals surface area contributed by atoms with Gasteiger partial charge in [0.25, 0.3) is 0 Å². The topological polar surface area (TPSA) is 40.9 Å². The van der Waals surface area contributed by atoms with Crippen LogP contribution in [0.4, 0.5) is 13.2 Å².